The summed E-state index contributed by atoms with van der Waals surface area (Å²) in [5, 5.41) is 2.56. The van der Waals surface area contributed by atoms with Crippen molar-refractivity contribution in [1.82, 2.24) is 0 Å². The first kappa shape index (κ1) is 11.7. The van der Waals surface area contributed by atoms with E-state index in [9.17, 15) is 0 Å². The summed E-state index contributed by atoms with van der Waals surface area (Å²) in [6, 6.07) is 10.8. The molecule has 1 atom stereocenters. The maximum absolute atomic E-state index is 5.94. The second kappa shape index (κ2) is 4.62. The van der Waals surface area contributed by atoms with Crippen LogP contribution in [0, 0.1) is 6.92 Å². The van der Waals surface area contributed by atoms with Crippen molar-refractivity contribution in [3.8, 4) is 0 Å². The van der Waals surface area contributed by atoms with E-state index in [-0.39, 0.29) is 0 Å². The average Bonchev–Trinajstić information content (AvgIpc) is 2.32. The Balaban J connectivity index is 2.64. The predicted molar refractivity (Wildman–Crippen MR) is 80.4 cm³/mol. The van der Waals surface area contributed by atoms with Gasteiger partial charge < -0.3 is 5.73 Å². The smallest absolute Gasteiger partial charge is 0.0350 e. The van der Waals surface area contributed by atoms with Crippen LogP contribution in [0.5, 0.6) is 0 Å². The van der Waals surface area contributed by atoms with Crippen molar-refractivity contribution in [2.24, 2.45) is 0 Å². The maximum atomic E-state index is 5.94. The van der Waals surface area contributed by atoms with Crippen LogP contribution in [-0.4, -0.2) is 4.43 Å². The van der Waals surface area contributed by atoms with Gasteiger partial charge in [0.1, 0.15) is 0 Å². The van der Waals surface area contributed by atoms with Gasteiger partial charge in [-0.05, 0) is 40.8 Å². The van der Waals surface area contributed by atoms with Crippen LogP contribution in [0.25, 0.3) is 10.8 Å². The molecule has 0 bridgehead atoms. The Kier molecular flexibility index (Phi) is 3.38. The monoisotopic (exact) mass is 325 g/mol. The number of rotatable bonds is 2. The predicted octanol–water partition coefficient (Wildman–Crippen LogP) is 4.27. The molecule has 0 saturated carbocycles. The van der Waals surface area contributed by atoms with E-state index in [4.69, 9.17) is 5.73 Å². The minimum Gasteiger partial charge on any atom is -0.398 e. The van der Waals surface area contributed by atoms with Crippen molar-refractivity contribution in [2.75, 3.05) is 10.2 Å². The quantitative estimate of drug-likeness (QED) is 0.498. The van der Waals surface area contributed by atoms with E-state index in [1.807, 2.05) is 6.07 Å². The van der Waals surface area contributed by atoms with Crippen molar-refractivity contribution in [3.63, 3.8) is 0 Å². The molecule has 0 aromatic heterocycles. The van der Waals surface area contributed by atoms with Gasteiger partial charge in [0, 0.05) is 10.1 Å². The highest BCUT2D eigenvalue weighted by Gasteiger charge is 2.06. The molecule has 2 aromatic carbocycles. The Morgan fingerprint density at radius 3 is 2.62 bits per heavy atom. The molecule has 0 radical (unpaired) electrons. The second-order valence-corrected chi connectivity index (χ2v) is 5.20. The summed E-state index contributed by atoms with van der Waals surface area (Å²) in [7, 11) is 0. The summed E-state index contributed by atoms with van der Waals surface area (Å²) < 4.78 is 1.14. The van der Waals surface area contributed by atoms with E-state index >= 15 is 0 Å². The first-order chi connectivity index (χ1) is 7.63. The van der Waals surface area contributed by atoms with Gasteiger partial charge >= 0.3 is 0 Å². The molecule has 2 rings (SSSR count). The van der Waals surface area contributed by atoms with Crippen molar-refractivity contribution < 1.29 is 0 Å². The molecular weight excluding hydrogens is 309 g/mol. The molecule has 0 saturated heterocycles. The van der Waals surface area contributed by atoms with Crippen molar-refractivity contribution in [2.45, 2.75) is 19.8 Å². The van der Waals surface area contributed by atoms with Crippen LogP contribution in [-0.2, 0) is 0 Å². The lowest BCUT2D eigenvalue weighted by atomic mass is 9.96. The third-order valence-electron chi connectivity index (χ3n) is 3.16. The molecule has 0 heterocycles. The van der Waals surface area contributed by atoms with Crippen LogP contribution in [0.15, 0.2) is 30.3 Å². The topological polar surface area (TPSA) is 26.0 Å². The fourth-order valence-electron chi connectivity index (χ4n) is 1.90. The molecule has 16 heavy (non-hydrogen) atoms. The minimum absolute atomic E-state index is 0.603. The molecule has 0 spiro atoms. The van der Waals surface area contributed by atoms with Gasteiger partial charge in [0.05, 0.1) is 0 Å². The molecule has 2 aromatic rings. The zero-order chi connectivity index (χ0) is 11.7. The number of alkyl halides is 1. The number of aryl methyl sites for hydroxylation is 1. The Labute approximate surface area is 110 Å². The van der Waals surface area contributed by atoms with Crippen molar-refractivity contribution in [1.29, 1.82) is 0 Å². The SMILES string of the molecule is Cc1c(N)ccc2ccc(C(C)CI)cc12. The number of nitrogens with two attached hydrogens (primary N) is 1. The van der Waals surface area contributed by atoms with E-state index in [1.165, 1.54) is 21.9 Å². The normalized spacial score (nSPS) is 12.9. The average molecular weight is 325 g/mol. The summed E-state index contributed by atoms with van der Waals surface area (Å²) in [5.74, 6) is 0.603. The fourth-order valence-corrected chi connectivity index (χ4v) is 2.41. The number of anilines is 1. The number of hydrogen-bond donors (Lipinski definition) is 1. The Morgan fingerprint density at radius 1 is 1.25 bits per heavy atom. The van der Waals surface area contributed by atoms with Crippen molar-refractivity contribution >= 4 is 39.1 Å². The molecule has 0 aliphatic rings. The lowest BCUT2D eigenvalue weighted by molar-refractivity contribution is 0.898. The molecular formula is C14H16IN. The van der Waals surface area contributed by atoms with Crippen LogP contribution in [0.2, 0.25) is 0 Å². The van der Waals surface area contributed by atoms with Crippen LogP contribution in [0.4, 0.5) is 5.69 Å². The van der Waals surface area contributed by atoms with Gasteiger partial charge in [0.2, 0.25) is 0 Å². The molecule has 1 nitrogen and oxygen atoms in total. The molecule has 1 unspecified atom stereocenters. The van der Waals surface area contributed by atoms with Gasteiger partial charge in [-0.2, -0.15) is 0 Å². The van der Waals surface area contributed by atoms with Gasteiger partial charge in [-0.25, -0.2) is 0 Å². The zero-order valence-electron chi connectivity index (χ0n) is 9.63. The molecule has 84 valence electrons. The first-order valence-electron chi connectivity index (χ1n) is 5.48. The highest BCUT2D eigenvalue weighted by molar-refractivity contribution is 14.1. The van der Waals surface area contributed by atoms with E-state index in [1.54, 1.807) is 0 Å². The summed E-state index contributed by atoms with van der Waals surface area (Å²) in [5.41, 5.74) is 9.42. The largest absolute Gasteiger partial charge is 0.398 e. The number of nitrogen functional groups attached to an aromatic ring is 1. The van der Waals surface area contributed by atoms with E-state index in [2.05, 4.69) is 60.7 Å². The summed E-state index contributed by atoms with van der Waals surface area (Å²) in [6.45, 7) is 4.35. The van der Waals surface area contributed by atoms with Crippen LogP contribution >= 0.6 is 22.6 Å². The van der Waals surface area contributed by atoms with Gasteiger partial charge in [-0.1, -0.05) is 53.8 Å². The molecule has 0 amide bonds. The zero-order valence-corrected chi connectivity index (χ0v) is 11.8. The third kappa shape index (κ3) is 2.03. The highest BCUT2D eigenvalue weighted by atomic mass is 127. The van der Waals surface area contributed by atoms with E-state index < -0.39 is 0 Å². The standard InChI is InChI=1S/C14H16IN/c1-9(8-15)12-4-3-11-5-6-14(16)10(2)13(11)7-12/h3-7,9H,8,16H2,1-2H3. The molecule has 2 heteroatoms. The van der Waals surface area contributed by atoms with E-state index in [0.29, 0.717) is 5.92 Å². The van der Waals surface area contributed by atoms with Gasteiger partial charge in [0.25, 0.3) is 0 Å². The Hall–Kier alpha value is -0.770. The summed E-state index contributed by atoms with van der Waals surface area (Å²) in [6.07, 6.45) is 0. The van der Waals surface area contributed by atoms with Gasteiger partial charge in [-0.15, -0.1) is 0 Å². The number of fused-ring (bicyclic) bond motifs is 1. The van der Waals surface area contributed by atoms with Crippen LogP contribution in [0.1, 0.15) is 24.0 Å². The summed E-state index contributed by atoms with van der Waals surface area (Å²) in [4.78, 5) is 0. The Morgan fingerprint density at radius 2 is 1.94 bits per heavy atom. The first-order valence-corrected chi connectivity index (χ1v) is 7.00. The second-order valence-electron chi connectivity index (χ2n) is 4.32. The maximum Gasteiger partial charge on any atom is 0.0350 e. The molecule has 0 aliphatic carbocycles. The molecule has 2 N–H and O–H groups in total. The third-order valence-corrected chi connectivity index (χ3v) is 4.48. The van der Waals surface area contributed by atoms with Crippen molar-refractivity contribution in [3.05, 3.63) is 41.5 Å². The van der Waals surface area contributed by atoms with Gasteiger partial charge in [0.15, 0.2) is 0 Å². The van der Waals surface area contributed by atoms with Crippen LogP contribution in [0.3, 0.4) is 0 Å². The lowest BCUT2D eigenvalue weighted by Crippen LogP contribution is -1.95. The molecule has 0 aliphatic heterocycles. The number of benzene rings is 2. The summed E-state index contributed by atoms with van der Waals surface area (Å²) >= 11 is 2.43. The Bertz CT molecular complexity index is 519. The highest BCUT2D eigenvalue weighted by Crippen LogP contribution is 2.27. The van der Waals surface area contributed by atoms with Crippen LogP contribution < -0.4 is 5.73 Å². The van der Waals surface area contributed by atoms with Gasteiger partial charge in [-0.3, -0.25) is 0 Å². The fraction of sp³-hybridized carbons (Fsp3) is 0.286. The minimum atomic E-state index is 0.603. The number of halogens is 1. The lowest BCUT2D eigenvalue weighted by Gasteiger charge is -2.11. The van der Waals surface area contributed by atoms with E-state index in [0.717, 1.165) is 10.1 Å². The number of hydrogen-bond acceptors (Lipinski definition) is 1. The molecule has 0 fully saturated rings.